The van der Waals surface area contributed by atoms with Crippen LogP contribution in [-0.2, 0) is 0 Å². The summed E-state index contributed by atoms with van der Waals surface area (Å²) in [6, 6.07) is 7.70. The van der Waals surface area contributed by atoms with Crippen molar-refractivity contribution in [2.75, 3.05) is 0 Å². The van der Waals surface area contributed by atoms with Crippen LogP contribution in [-0.4, -0.2) is 10.6 Å². The van der Waals surface area contributed by atoms with Gasteiger partial charge >= 0.3 is 0 Å². The molecule has 3 heteroatoms. The molecule has 0 spiro atoms. The summed E-state index contributed by atoms with van der Waals surface area (Å²) in [6.07, 6.45) is 3.13. The summed E-state index contributed by atoms with van der Waals surface area (Å²) in [5.74, 6) is 0. The molecule has 1 aromatic carbocycles. The second kappa shape index (κ2) is 3.38. The molecule has 1 radical (unpaired) electrons. The summed E-state index contributed by atoms with van der Waals surface area (Å²) in [5.41, 5.74) is 0.364. The van der Waals surface area contributed by atoms with Crippen molar-refractivity contribution in [1.82, 2.24) is 4.98 Å². The number of fused-ring (bicyclic) bond motifs is 1. The maximum Gasteiger partial charge on any atom is 0.181 e. The Morgan fingerprint density at radius 3 is 2.92 bits per heavy atom. The highest BCUT2D eigenvalue weighted by Crippen LogP contribution is 2.21. The predicted octanol–water partition coefficient (Wildman–Crippen LogP) is 3.25. The minimum atomic E-state index is -1.43. The number of hydrogen-bond donors (Lipinski definition) is 1. The molecule has 0 bridgehead atoms. The van der Waals surface area contributed by atoms with Crippen LogP contribution < -0.4 is 0 Å². The highest BCUT2D eigenvalue weighted by atomic mass is 35.5. The highest BCUT2D eigenvalue weighted by molar-refractivity contribution is 6.20. The fourth-order valence-corrected chi connectivity index (χ4v) is 1.50. The molecule has 0 aliphatic heterocycles. The summed E-state index contributed by atoms with van der Waals surface area (Å²) < 4.78 is 12.5. The van der Waals surface area contributed by atoms with E-state index in [4.69, 9.17) is 11.6 Å². The van der Waals surface area contributed by atoms with E-state index in [1.54, 1.807) is 6.20 Å². The van der Waals surface area contributed by atoms with Gasteiger partial charge in [0.1, 0.15) is 0 Å². The van der Waals surface area contributed by atoms with Crippen molar-refractivity contribution in [3.63, 3.8) is 0 Å². The van der Waals surface area contributed by atoms with Crippen molar-refractivity contribution >= 4 is 22.5 Å². The maximum atomic E-state index is 12.5. The lowest BCUT2D eigenvalue weighted by Crippen LogP contribution is -1.89. The van der Waals surface area contributed by atoms with Gasteiger partial charge in [-0.2, -0.15) is 0 Å². The van der Waals surface area contributed by atoms with E-state index in [1.807, 2.05) is 24.3 Å². The van der Waals surface area contributed by atoms with E-state index in [-0.39, 0.29) is 0 Å². The minimum absolute atomic E-state index is 0.804. The molecule has 0 saturated heterocycles. The van der Waals surface area contributed by atoms with Crippen LogP contribution >= 0.6 is 11.6 Å². The molecule has 1 N–H and O–H groups in total. The first-order chi connectivity index (χ1) is 6.27. The Morgan fingerprint density at radius 1 is 1.38 bits per heavy atom. The third-order valence-electron chi connectivity index (χ3n) is 1.93. The molecule has 1 aromatic heterocycles. The number of benzene rings is 1. The van der Waals surface area contributed by atoms with Crippen LogP contribution in [0.4, 0.5) is 4.39 Å². The molecule has 2 aromatic rings. The summed E-state index contributed by atoms with van der Waals surface area (Å²) in [4.78, 5) is 3.04. The van der Waals surface area contributed by atoms with Crippen LogP contribution in [0.5, 0.6) is 0 Å². The lowest BCUT2D eigenvalue weighted by atomic mass is 10.1. The normalized spacial score (nSPS) is 13.4. The van der Waals surface area contributed by atoms with E-state index in [9.17, 15) is 4.39 Å². The molecule has 0 aliphatic carbocycles. The first-order valence-corrected chi connectivity index (χ1v) is 4.40. The first-order valence-electron chi connectivity index (χ1n) is 3.96. The van der Waals surface area contributed by atoms with Crippen molar-refractivity contribution in [1.29, 1.82) is 0 Å². The lowest BCUT2D eigenvalue weighted by molar-refractivity contribution is 0.494. The van der Waals surface area contributed by atoms with E-state index in [1.165, 1.54) is 6.42 Å². The molecule has 0 aliphatic rings. The van der Waals surface area contributed by atoms with Gasteiger partial charge in [0.25, 0.3) is 0 Å². The molecule has 13 heavy (non-hydrogen) atoms. The van der Waals surface area contributed by atoms with Crippen molar-refractivity contribution < 1.29 is 4.39 Å². The summed E-state index contributed by atoms with van der Waals surface area (Å²) in [6.45, 7) is 0. The molecule has 0 saturated carbocycles. The van der Waals surface area contributed by atoms with Crippen molar-refractivity contribution in [2.45, 2.75) is 5.63 Å². The summed E-state index contributed by atoms with van der Waals surface area (Å²) in [5, 5.41) is 0.991. The number of H-pyrrole nitrogens is 1. The van der Waals surface area contributed by atoms with Gasteiger partial charge in [0, 0.05) is 23.5 Å². The second-order valence-corrected chi connectivity index (χ2v) is 3.21. The number of halogens is 2. The molecule has 1 nitrogen and oxygen atoms in total. The average molecular weight is 197 g/mol. The smallest absolute Gasteiger partial charge is 0.181 e. The first kappa shape index (κ1) is 8.57. The van der Waals surface area contributed by atoms with Crippen LogP contribution in [0, 0.1) is 6.42 Å². The fraction of sp³-hybridized carbons (Fsp3) is 0.100. The number of alkyl halides is 2. The minimum Gasteiger partial charge on any atom is -0.361 e. The van der Waals surface area contributed by atoms with Crippen LogP contribution in [0.2, 0.25) is 0 Å². The molecular weight excluding hydrogens is 189 g/mol. The lowest BCUT2D eigenvalue weighted by Gasteiger charge is -1.96. The topological polar surface area (TPSA) is 15.8 Å². The Balaban J connectivity index is 2.46. The third-order valence-corrected chi connectivity index (χ3v) is 2.05. The predicted molar refractivity (Wildman–Crippen MR) is 52.4 cm³/mol. The molecular formula is C10H8ClFN. The van der Waals surface area contributed by atoms with Crippen LogP contribution in [0.1, 0.15) is 5.56 Å². The van der Waals surface area contributed by atoms with Crippen molar-refractivity contribution in [3.05, 3.63) is 42.4 Å². The van der Waals surface area contributed by atoms with Crippen LogP contribution in [0.15, 0.2) is 30.5 Å². The Morgan fingerprint density at radius 2 is 2.15 bits per heavy atom. The van der Waals surface area contributed by atoms with E-state index in [0.29, 0.717) is 0 Å². The molecule has 0 amide bonds. The van der Waals surface area contributed by atoms with E-state index in [2.05, 4.69) is 4.98 Å². The monoisotopic (exact) mass is 196 g/mol. The van der Waals surface area contributed by atoms with Gasteiger partial charge in [-0.3, -0.25) is 0 Å². The third kappa shape index (κ3) is 1.68. The Hall–Kier alpha value is -1.02. The molecule has 0 fully saturated rings. The van der Waals surface area contributed by atoms with Gasteiger partial charge in [-0.15, -0.1) is 0 Å². The van der Waals surface area contributed by atoms with Gasteiger partial charge in [-0.05, 0) is 11.6 Å². The number of aromatic amines is 1. The largest absolute Gasteiger partial charge is 0.361 e. The standard InChI is InChI=1S/C10H8ClFN/c11-10(12)5-7-6-13-9-4-2-1-3-8(7)9/h1-6,10,13H. The molecule has 1 atom stereocenters. The van der Waals surface area contributed by atoms with Gasteiger partial charge in [0.15, 0.2) is 5.63 Å². The molecule has 67 valence electrons. The molecule has 1 unspecified atom stereocenters. The van der Waals surface area contributed by atoms with E-state index in [0.717, 1.165) is 16.5 Å². The zero-order valence-corrected chi connectivity index (χ0v) is 7.55. The quantitative estimate of drug-likeness (QED) is 0.710. The zero-order chi connectivity index (χ0) is 9.26. The van der Waals surface area contributed by atoms with Gasteiger partial charge < -0.3 is 4.98 Å². The Bertz CT molecular complexity index is 408. The number of rotatable bonds is 2. The van der Waals surface area contributed by atoms with Gasteiger partial charge in [-0.25, -0.2) is 4.39 Å². The maximum absolute atomic E-state index is 12.5. The van der Waals surface area contributed by atoms with Gasteiger partial charge in [-0.1, -0.05) is 29.8 Å². The van der Waals surface area contributed by atoms with Crippen molar-refractivity contribution in [3.8, 4) is 0 Å². The van der Waals surface area contributed by atoms with E-state index >= 15 is 0 Å². The summed E-state index contributed by atoms with van der Waals surface area (Å²) in [7, 11) is 0. The number of hydrogen-bond acceptors (Lipinski definition) is 0. The van der Waals surface area contributed by atoms with Crippen LogP contribution in [0.3, 0.4) is 0 Å². The van der Waals surface area contributed by atoms with E-state index < -0.39 is 5.63 Å². The highest BCUT2D eigenvalue weighted by Gasteiger charge is 2.07. The molecule has 2 rings (SSSR count). The van der Waals surface area contributed by atoms with Gasteiger partial charge in [0.2, 0.25) is 0 Å². The molecule has 1 heterocycles. The van der Waals surface area contributed by atoms with Gasteiger partial charge in [0.05, 0.1) is 0 Å². The number of aromatic nitrogens is 1. The fourth-order valence-electron chi connectivity index (χ4n) is 1.37. The SMILES string of the molecule is FC(Cl)[CH]c1c[nH]c2ccccc12. The van der Waals surface area contributed by atoms with Crippen LogP contribution in [0.25, 0.3) is 10.9 Å². The Labute approximate surface area is 80.5 Å². The average Bonchev–Trinajstić information content (AvgIpc) is 2.48. The zero-order valence-electron chi connectivity index (χ0n) is 6.80. The number of nitrogens with one attached hydrogen (secondary N) is 1. The second-order valence-electron chi connectivity index (χ2n) is 2.79. The van der Waals surface area contributed by atoms with Crippen molar-refractivity contribution in [2.24, 2.45) is 0 Å². The Kier molecular flexibility index (Phi) is 2.23. The summed E-state index contributed by atoms with van der Waals surface area (Å²) >= 11 is 5.23. The number of para-hydroxylation sites is 1.